The highest BCUT2D eigenvalue weighted by atomic mass is 79.9. The minimum Gasteiger partial charge on any atom is -0.434 e. The number of hydrogen-bond donors (Lipinski definition) is 1. The van der Waals surface area contributed by atoms with Gasteiger partial charge in [-0.2, -0.15) is 5.10 Å². The van der Waals surface area contributed by atoms with Gasteiger partial charge >= 0.3 is 0 Å². The van der Waals surface area contributed by atoms with Crippen molar-refractivity contribution in [3.63, 3.8) is 0 Å². The Labute approximate surface area is 119 Å². The first-order valence-electron chi connectivity index (χ1n) is 5.85. The number of aromatic nitrogens is 2. The van der Waals surface area contributed by atoms with Crippen molar-refractivity contribution in [1.82, 2.24) is 9.78 Å². The third kappa shape index (κ3) is 2.73. The highest BCUT2D eigenvalue weighted by Gasteiger charge is 2.18. The van der Waals surface area contributed by atoms with E-state index in [2.05, 4.69) is 21.0 Å². The number of hydrogen-bond acceptors (Lipinski definition) is 3. The second kappa shape index (κ2) is 5.21. The minimum atomic E-state index is -0.457. The molecule has 1 aromatic heterocycles. The van der Waals surface area contributed by atoms with Crippen LogP contribution >= 0.6 is 15.9 Å². The number of nitrogens with zero attached hydrogens (tertiary/aromatic N) is 2. The van der Waals surface area contributed by atoms with E-state index in [9.17, 15) is 4.39 Å². The van der Waals surface area contributed by atoms with Crippen LogP contribution in [0.15, 0.2) is 22.7 Å². The largest absolute Gasteiger partial charge is 0.434 e. The smallest absolute Gasteiger partial charge is 0.241 e. The van der Waals surface area contributed by atoms with Gasteiger partial charge in [0.25, 0.3) is 0 Å². The topological polar surface area (TPSA) is 53.1 Å². The van der Waals surface area contributed by atoms with Gasteiger partial charge in [0.2, 0.25) is 5.88 Å². The zero-order valence-electron chi connectivity index (χ0n) is 10.9. The molecule has 0 aliphatic rings. The molecule has 0 amide bonds. The van der Waals surface area contributed by atoms with Crippen molar-refractivity contribution < 1.29 is 9.13 Å². The lowest BCUT2D eigenvalue weighted by Crippen LogP contribution is -1.98. The summed E-state index contributed by atoms with van der Waals surface area (Å²) in [6.07, 6.45) is 0. The van der Waals surface area contributed by atoms with Crippen molar-refractivity contribution >= 4 is 21.6 Å². The van der Waals surface area contributed by atoms with Crippen molar-refractivity contribution in [2.24, 2.45) is 7.05 Å². The van der Waals surface area contributed by atoms with Gasteiger partial charge in [0.1, 0.15) is 5.69 Å². The number of benzene rings is 1. The average molecular weight is 328 g/mol. The number of nitrogens with two attached hydrogens (primary N) is 1. The molecule has 0 bridgehead atoms. The second-order valence-electron chi connectivity index (χ2n) is 4.56. The predicted molar refractivity (Wildman–Crippen MR) is 75.9 cm³/mol. The summed E-state index contributed by atoms with van der Waals surface area (Å²) in [6, 6.07) is 4.58. The summed E-state index contributed by atoms with van der Waals surface area (Å²) in [6.45, 7) is 3.98. The standard InChI is InChI=1S/C13H15BrFN3O/c1-7(2)12-11(16)13(18(3)17-12)19-10-5-4-8(14)6-9(10)15/h4-7H,16H2,1-3H3. The number of rotatable bonds is 3. The molecule has 6 heteroatoms. The summed E-state index contributed by atoms with van der Waals surface area (Å²) in [7, 11) is 1.72. The molecule has 0 unspecified atom stereocenters. The molecule has 4 nitrogen and oxygen atoms in total. The molecule has 0 radical (unpaired) electrons. The third-order valence-electron chi connectivity index (χ3n) is 2.71. The summed E-state index contributed by atoms with van der Waals surface area (Å²) < 4.78 is 21.4. The normalized spacial score (nSPS) is 11.1. The van der Waals surface area contributed by atoms with E-state index in [4.69, 9.17) is 10.5 Å². The Balaban J connectivity index is 2.38. The highest BCUT2D eigenvalue weighted by molar-refractivity contribution is 9.10. The van der Waals surface area contributed by atoms with Crippen LogP contribution in [0.5, 0.6) is 11.6 Å². The van der Waals surface area contributed by atoms with Crippen molar-refractivity contribution in [3.05, 3.63) is 34.2 Å². The van der Waals surface area contributed by atoms with Gasteiger partial charge < -0.3 is 10.5 Å². The number of aryl methyl sites for hydroxylation is 1. The molecular weight excluding hydrogens is 313 g/mol. The zero-order chi connectivity index (χ0) is 14.2. The van der Waals surface area contributed by atoms with Crippen LogP contribution in [0.3, 0.4) is 0 Å². The summed E-state index contributed by atoms with van der Waals surface area (Å²) in [5, 5.41) is 4.29. The van der Waals surface area contributed by atoms with Gasteiger partial charge in [-0.3, -0.25) is 0 Å². The number of nitrogen functional groups attached to an aromatic ring is 1. The summed E-state index contributed by atoms with van der Waals surface area (Å²) >= 11 is 3.20. The van der Waals surface area contributed by atoms with Crippen LogP contribution in [0.2, 0.25) is 0 Å². The fourth-order valence-electron chi connectivity index (χ4n) is 1.75. The lowest BCUT2D eigenvalue weighted by Gasteiger charge is -2.08. The molecule has 2 rings (SSSR count). The summed E-state index contributed by atoms with van der Waals surface area (Å²) in [4.78, 5) is 0. The molecule has 0 atom stereocenters. The van der Waals surface area contributed by atoms with E-state index in [-0.39, 0.29) is 11.7 Å². The number of anilines is 1. The van der Waals surface area contributed by atoms with Crippen LogP contribution in [-0.2, 0) is 7.05 Å². The summed E-state index contributed by atoms with van der Waals surface area (Å²) in [5.74, 6) is 0.192. The number of halogens is 2. The minimum absolute atomic E-state index is 0.119. The lowest BCUT2D eigenvalue weighted by molar-refractivity contribution is 0.405. The van der Waals surface area contributed by atoms with Crippen LogP contribution in [0.1, 0.15) is 25.5 Å². The fraction of sp³-hybridized carbons (Fsp3) is 0.308. The molecule has 1 aromatic carbocycles. The molecule has 0 saturated carbocycles. The van der Waals surface area contributed by atoms with E-state index >= 15 is 0 Å². The van der Waals surface area contributed by atoms with Gasteiger partial charge in [0.15, 0.2) is 11.6 Å². The molecule has 0 aliphatic carbocycles. The van der Waals surface area contributed by atoms with E-state index < -0.39 is 5.82 Å². The van der Waals surface area contributed by atoms with Crippen molar-refractivity contribution in [2.75, 3.05) is 5.73 Å². The lowest BCUT2D eigenvalue weighted by atomic mass is 10.1. The molecule has 102 valence electrons. The molecule has 0 spiro atoms. The summed E-state index contributed by atoms with van der Waals surface area (Å²) in [5.41, 5.74) is 7.18. The third-order valence-corrected chi connectivity index (χ3v) is 3.20. The Morgan fingerprint density at radius 2 is 2.11 bits per heavy atom. The first-order chi connectivity index (χ1) is 8.90. The molecule has 0 aliphatic heterocycles. The quantitative estimate of drug-likeness (QED) is 0.932. The van der Waals surface area contributed by atoms with Crippen LogP contribution in [0.4, 0.5) is 10.1 Å². The van der Waals surface area contributed by atoms with Crippen molar-refractivity contribution in [2.45, 2.75) is 19.8 Å². The van der Waals surface area contributed by atoms with Gasteiger partial charge in [0, 0.05) is 11.5 Å². The maximum absolute atomic E-state index is 13.7. The molecule has 2 aromatic rings. The Bertz CT molecular complexity index is 610. The first-order valence-corrected chi connectivity index (χ1v) is 6.64. The predicted octanol–water partition coefficient (Wildman–Crippen LogP) is 3.82. The Kier molecular flexibility index (Phi) is 3.80. The van der Waals surface area contributed by atoms with E-state index in [0.717, 1.165) is 5.69 Å². The highest BCUT2D eigenvalue weighted by Crippen LogP contribution is 2.34. The van der Waals surface area contributed by atoms with Crippen LogP contribution in [0, 0.1) is 5.82 Å². The van der Waals surface area contributed by atoms with Crippen LogP contribution < -0.4 is 10.5 Å². The Morgan fingerprint density at radius 1 is 1.42 bits per heavy atom. The molecule has 0 fully saturated rings. The maximum atomic E-state index is 13.7. The molecular formula is C13H15BrFN3O. The van der Waals surface area contributed by atoms with E-state index in [1.54, 1.807) is 19.2 Å². The van der Waals surface area contributed by atoms with Gasteiger partial charge in [-0.1, -0.05) is 29.8 Å². The van der Waals surface area contributed by atoms with Gasteiger partial charge in [-0.05, 0) is 24.1 Å². The SMILES string of the molecule is CC(C)c1nn(C)c(Oc2ccc(Br)cc2F)c1N. The van der Waals surface area contributed by atoms with Gasteiger partial charge in [-0.15, -0.1) is 0 Å². The second-order valence-corrected chi connectivity index (χ2v) is 5.47. The van der Waals surface area contributed by atoms with E-state index in [1.165, 1.54) is 10.7 Å². The van der Waals surface area contributed by atoms with Gasteiger partial charge in [-0.25, -0.2) is 9.07 Å². The average Bonchev–Trinajstić information content (AvgIpc) is 2.60. The Hall–Kier alpha value is -1.56. The van der Waals surface area contributed by atoms with Crippen LogP contribution in [0.25, 0.3) is 0 Å². The first kappa shape index (κ1) is 13.9. The maximum Gasteiger partial charge on any atom is 0.241 e. The van der Waals surface area contributed by atoms with E-state index in [1.807, 2.05) is 13.8 Å². The van der Waals surface area contributed by atoms with Crippen molar-refractivity contribution in [3.8, 4) is 11.6 Å². The molecule has 1 heterocycles. The monoisotopic (exact) mass is 327 g/mol. The number of ether oxygens (including phenoxy) is 1. The molecule has 0 saturated heterocycles. The van der Waals surface area contributed by atoms with E-state index in [0.29, 0.717) is 16.0 Å². The van der Waals surface area contributed by atoms with Crippen LogP contribution in [-0.4, -0.2) is 9.78 Å². The Morgan fingerprint density at radius 3 is 2.63 bits per heavy atom. The molecule has 2 N–H and O–H groups in total. The van der Waals surface area contributed by atoms with Crippen molar-refractivity contribution in [1.29, 1.82) is 0 Å². The fourth-order valence-corrected chi connectivity index (χ4v) is 2.09. The van der Waals surface area contributed by atoms with Gasteiger partial charge in [0.05, 0.1) is 5.69 Å². The zero-order valence-corrected chi connectivity index (χ0v) is 12.5. The molecule has 19 heavy (non-hydrogen) atoms.